The summed E-state index contributed by atoms with van der Waals surface area (Å²) in [6.07, 6.45) is 5.20. The highest BCUT2D eigenvalue weighted by Gasteiger charge is 2.24. The van der Waals surface area contributed by atoms with Crippen LogP contribution in [0.4, 0.5) is 0 Å². The number of nitrogens with two attached hydrogens (primary N) is 1. The van der Waals surface area contributed by atoms with Crippen LogP contribution in [-0.4, -0.2) is 30.9 Å². The molecule has 0 aromatic rings. The Morgan fingerprint density at radius 1 is 1.26 bits per heavy atom. The summed E-state index contributed by atoms with van der Waals surface area (Å²) < 4.78 is 0. The van der Waals surface area contributed by atoms with Gasteiger partial charge in [-0.2, -0.15) is 0 Å². The van der Waals surface area contributed by atoms with Gasteiger partial charge in [-0.3, -0.25) is 9.59 Å². The van der Waals surface area contributed by atoms with Gasteiger partial charge in [-0.05, 0) is 32.6 Å². The van der Waals surface area contributed by atoms with Gasteiger partial charge in [0.05, 0.1) is 0 Å². The number of carbonyl (C=O) groups excluding carboxylic acids is 2. The molecule has 0 saturated heterocycles. The van der Waals surface area contributed by atoms with Gasteiger partial charge in [0.25, 0.3) is 0 Å². The number of halogens is 1. The normalized spacial score (nSPS) is 15.9. The van der Waals surface area contributed by atoms with Gasteiger partial charge < -0.3 is 16.4 Å². The van der Waals surface area contributed by atoms with Crippen molar-refractivity contribution in [3.05, 3.63) is 0 Å². The molecule has 0 spiro atoms. The molecule has 5 nitrogen and oxygen atoms in total. The van der Waals surface area contributed by atoms with E-state index < -0.39 is 0 Å². The molecule has 6 heteroatoms. The van der Waals surface area contributed by atoms with Crippen LogP contribution in [0.2, 0.25) is 0 Å². The minimum atomic E-state index is 0. The highest BCUT2D eigenvalue weighted by molar-refractivity contribution is 5.85. The van der Waals surface area contributed by atoms with E-state index in [2.05, 4.69) is 10.6 Å². The second kappa shape index (κ2) is 10.0. The van der Waals surface area contributed by atoms with E-state index in [0.717, 1.165) is 19.3 Å². The first kappa shape index (κ1) is 18.2. The summed E-state index contributed by atoms with van der Waals surface area (Å²) in [6, 6.07) is 0.0671. The lowest BCUT2D eigenvalue weighted by Crippen LogP contribution is -2.36. The molecule has 1 aliphatic rings. The Hall–Kier alpha value is -0.810. The summed E-state index contributed by atoms with van der Waals surface area (Å²) in [4.78, 5) is 22.8. The third kappa shape index (κ3) is 8.06. The van der Waals surface area contributed by atoms with Crippen molar-refractivity contribution in [2.45, 2.75) is 51.5 Å². The first-order valence-corrected chi connectivity index (χ1v) is 6.89. The molecular formula is C13H26ClN3O2. The van der Waals surface area contributed by atoms with Crippen LogP contribution in [-0.2, 0) is 9.59 Å². The standard InChI is InChI=1S/C13H25N3O2.ClH/c1-10(14)6-7-12(17)15-8-3-9-16-13(18)11-4-2-5-11;/h10-11H,2-9,14H2,1H3,(H,15,17)(H,16,18);1H. The van der Waals surface area contributed by atoms with E-state index in [0.29, 0.717) is 25.9 Å². The molecule has 19 heavy (non-hydrogen) atoms. The molecule has 0 radical (unpaired) electrons. The van der Waals surface area contributed by atoms with Gasteiger partial charge >= 0.3 is 0 Å². The van der Waals surface area contributed by atoms with E-state index >= 15 is 0 Å². The van der Waals surface area contributed by atoms with E-state index in [4.69, 9.17) is 5.73 Å². The van der Waals surface area contributed by atoms with Crippen molar-refractivity contribution >= 4 is 24.2 Å². The fourth-order valence-electron chi connectivity index (χ4n) is 1.79. The van der Waals surface area contributed by atoms with Crippen LogP contribution in [0.25, 0.3) is 0 Å². The molecule has 112 valence electrons. The van der Waals surface area contributed by atoms with Gasteiger partial charge in [-0.1, -0.05) is 6.42 Å². The van der Waals surface area contributed by atoms with Crippen molar-refractivity contribution in [1.29, 1.82) is 0 Å². The van der Waals surface area contributed by atoms with Crippen LogP contribution < -0.4 is 16.4 Å². The van der Waals surface area contributed by atoms with Crippen molar-refractivity contribution < 1.29 is 9.59 Å². The summed E-state index contributed by atoms with van der Waals surface area (Å²) in [5.41, 5.74) is 5.57. The molecule has 1 unspecified atom stereocenters. The molecule has 0 aliphatic heterocycles. The lowest BCUT2D eigenvalue weighted by atomic mass is 9.85. The molecule has 1 aliphatic carbocycles. The molecule has 1 atom stereocenters. The Balaban J connectivity index is 0.00000324. The molecule has 0 aromatic carbocycles. The second-order valence-electron chi connectivity index (χ2n) is 5.14. The van der Waals surface area contributed by atoms with Crippen molar-refractivity contribution in [1.82, 2.24) is 10.6 Å². The van der Waals surface area contributed by atoms with E-state index in [1.165, 1.54) is 6.42 Å². The van der Waals surface area contributed by atoms with Gasteiger partial charge in [0, 0.05) is 31.5 Å². The molecule has 1 rings (SSSR count). The summed E-state index contributed by atoms with van der Waals surface area (Å²) in [7, 11) is 0. The van der Waals surface area contributed by atoms with Crippen LogP contribution >= 0.6 is 12.4 Å². The van der Waals surface area contributed by atoms with Gasteiger partial charge in [0.1, 0.15) is 0 Å². The summed E-state index contributed by atoms with van der Waals surface area (Å²) in [5.74, 6) is 0.452. The number of nitrogens with one attached hydrogen (secondary N) is 2. The summed E-state index contributed by atoms with van der Waals surface area (Å²) in [5, 5.41) is 5.72. The fourth-order valence-corrected chi connectivity index (χ4v) is 1.79. The van der Waals surface area contributed by atoms with Crippen molar-refractivity contribution in [3.8, 4) is 0 Å². The van der Waals surface area contributed by atoms with Crippen LogP contribution in [0.15, 0.2) is 0 Å². The smallest absolute Gasteiger partial charge is 0.223 e. The maximum atomic E-state index is 11.5. The summed E-state index contributed by atoms with van der Waals surface area (Å²) >= 11 is 0. The number of hydrogen-bond donors (Lipinski definition) is 3. The highest BCUT2D eigenvalue weighted by atomic mass is 35.5. The average Bonchev–Trinajstić information content (AvgIpc) is 2.23. The van der Waals surface area contributed by atoms with Gasteiger partial charge in [-0.25, -0.2) is 0 Å². The Morgan fingerprint density at radius 3 is 2.42 bits per heavy atom. The number of hydrogen-bond acceptors (Lipinski definition) is 3. The Bertz CT molecular complexity index is 281. The zero-order valence-electron chi connectivity index (χ0n) is 11.6. The van der Waals surface area contributed by atoms with E-state index in [1.54, 1.807) is 0 Å². The zero-order valence-corrected chi connectivity index (χ0v) is 12.4. The SMILES string of the molecule is CC(N)CCC(=O)NCCCNC(=O)C1CCC1.Cl. The maximum Gasteiger partial charge on any atom is 0.223 e. The monoisotopic (exact) mass is 291 g/mol. The third-order valence-corrected chi connectivity index (χ3v) is 3.28. The number of rotatable bonds is 8. The van der Waals surface area contributed by atoms with E-state index in [1.807, 2.05) is 6.92 Å². The minimum Gasteiger partial charge on any atom is -0.356 e. The van der Waals surface area contributed by atoms with Gasteiger partial charge in [0.15, 0.2) is 0 Å². The molecule has 4 N–H and O–H groups in total. The van der Waals surface area contributed by atoms with Crippen molar-refractivity contribution in [2.24, 2.45) is 11.7 Å². The van der Waals surface area contributed by atoms with Crippen molar-refractivity contribution in [3.63, 3.8) is 0 Å². The van der Waals surface area contributed by atoms with E-state index in [-0.39, 0.29) is 36.2 Å². The van der Waals surface area contributed by atoms with Crippen LogP contribution in [0, 0.1) is 5.92 Å². The zero-order chi connectivity index (χ0) is 13.4. The fraction of sp³-hybridized carbons (Fsp3) is 0.846. The predicted molar refractivity (Wildman–Crippen MR) is 78.1 cm³/mol. The average molecular weight is 292 g/mol. The van der Waals surface area contributed by atoms with Crippen LogP contribution in [0.3, 0.4) is 0 Å². The topological polar surface area (TPSA) is 84.2 Å². The second-order valence-corrected chi connectivity index (χ2v) is 5.14. The number of amides is 2. The molecule has 1 saturated carbocycles. The maximum absolute atomic E-state index is 11.5. The Morgan fingerprint density at radius 2 is 1.89 bits per heavy atom. The molecule has 0 bridgehead atoms. The molecule has 2 amide bonds. The highest BCUT2D eigenvalue weighted by Crippen LogP contribution is 2.25. The molecule has 0 aromatic heterocycles. The Labute approximate surface area is 121 Å². The van der Waals surface area contributed by atoms with Crippen LogP contribution in [0.1, 0.15) is 45.4 Å². The lowest BCUT2D eigenvalue weighted by molar-refractivity contribution is -0.127. The molecular weight excluding hydrogens is 266 g/mol. The predicted octanol–water partition coefficient (Wildman–Crippen LogP) is 0.958. The first-order chi connectivity index (χ1) is 8.59. The largest absolute Gasteiger partial charge is 0.356 e. The quantitative estimate of drug-likeness (QED) is 0.582. The van der Waals surface area contributed by atoms with Crippen molar-refractivity contribution in [2.75, 3.05) is 13.1 Å². The van der Waals surface area contributed by atoms with Crippen LogP contribution in [0.5, 0.6) is 0 Å². The molecule has 1 fully saturated rings. The lowest BCUT2D eigenvalue weighted by Gasteiger charge is -2.23. The van der Waals surface area contributed by atoms with Gasteiger partial charge in [-0.15, -0.1) is 12.4 Å². The third-order valence-electron chi connectivity index (χ3n) is 3.28. The summed E-state index contributed by atoms with van der Waals surface area (Å²) in [6.45, 7) is 3.15. The van der Waals surface area contributed by atoms with E-state index in [9.17, 15) is 9.59 Å². The Kier molecular flexibility index (Phi) is 9.61. The van der Waals surface area contributed by atoms with Gasteiger partial charge in [0.2, 0.25) is 11.8 Å². The molecule has 0 heterocycles. The number of carbonyl (C=O) groups is 2. The minimum absolute atomic E-state index is 0. The first-order valence-electron chi connectivity index (χ1n) is 6.89.